The molecule has 6 nitrogen and oxygen atoms in total. The van der Waals surface area contributed by atoms with Crippen molar-refractivity contribution in [2.24, 2.45) is 0 Å². The van der Waals surface area contributed by atoms with Crippen molar-refractivity contribution in [1.29, 1.82) is 0 Å². The molecule has 1 fully saturated rings. The molecule has 102 valence electrons. The van der Waals surface area contributed by atoms with Gasteiger partial charge in [0.05, 0.1) is 5.60 Å². The molecule has 0 saturated carbocycles. The van der Waals surface area contributed by atoms with Crippen molar-refractivity contribution in [3.63, 3.8) is 0 Å². The highest BCUT2D eigenvalue weighted by Gasteiger charge is 2.38. The van der Waals surface area contributed by atoms with Gasteiger partial charge in [-0.1, -0.05) is 12.7 Å². The van der Waals surface area contributed by atoms with Gasteiger partial charge in [0.15, 0.2) is 6.10 Å². The van der Waals surface area contributed by atoms with Crippen LogP contribution in [0.15, 0.2) is 12.7 Å². The number of carboxylic acids is 1. The van der Waals surface area contributed by atoms with Gasteiger partial charge in [-0.05, 0) is 20.3 Å². The van der Waals surface area contributed by atoms with Crippen LogP contribution in [0.5, 0.6) is 0 Å². The van der Waals surface area contributed by atoms with Crippen molar-refractivity contribution >= 4 is 12.1 Å². The van der Waals surface area contributed by atoms with E-state index in [1.54, 1.807) is 13.8 Å². The van der Waals surface area contributed by atoms with Crippen LogP contribution >= 0.6 is 0 Å². The zero-order valence-electron chi connectivity index (χ0n) is 10.6. The summed E-state index contributed by atoms with van der Waals surface area (Å²) in [5, 5.41) is 11.6. The molecule has 0 aromatic carbocycles. The van der Waals surface area contributed by atoms with Gasteiger partial charge in [0, 0.05) is 12.5 Å². The number of rotatable bonds is 4. The van der Waals surface area contributed by atoms with E-state index in [1.807, 2.05) is 0 Å². The normalized spacial score (nSPS) is 26.1. The molecule has 0 bridgehead atoms. The first kappa shape index (κ1) is 14.5. The number of carbonyl (C=O) groups excluding carboxylic acids is 1. The first-order chi connectivity index (χ1) is 8.34. The van der Waals surface area contributed by atoms with Gasteiger partial charge in [-0.3, -0.25) is 0 Å². The fourth-order valence-electron chi connectivity index (χ4n) is 2.02. The molecule has 2 N–H and O–H groups in total. The van der Waals surface area contributed by atoms with Crippen molar-refractivity contribution in [2.45, 2.75) is 44.4 Å². The van der Waals surface area contributed by atoms with E-state index in [2.05, 4.69) is 11.9 Å². The number of ether oxygens (including phenoxy) is 2. The maximum Gasteiger partial charge on any atom is 0.407 e. The van der Waals surface area contributed by atoms with Crippen molar-refractivity contribution in [3.8, 4) is 0 Å². The van der Waals surface area contributed by atoms with Gasteiger partial charge in [-0.15, -0.1) is 0 Å². The third-order valence-electron chi connectivity index (χ3n) is 2.63. The molecule has 1 rings (SSSR count). The molecule has 1 aliphatic rings. The van der Waals surface area contributed by atoms with Crippen molar-refractivity contribution in [3.05, 3.63) is 12.7 Å². The molecule has 6 heteroatoms. The fraction of sp³-hybridized carbons (Fsp3) is 0.667. The van der Waals surface area contributed by atoms with E-state index in [1.165, 1.54) is 6.08 Å². The zero-order valence-corrected chi connectivity index (χ0v) is 10.6. The Hall–Kier alpha value is -1.56. The van der Waals surface area contributed by atoms with Crippen LogP contribution in [0.2, 0.25) is 0 Å². The molecule has 0 aromatic rings. The summed E-state index contributed by atoms with van der Waals surface area (Å²) < 4.78 is 10.2. The molecular formula is C12H19NO5. The molecule has 1 saturated heterocycles. The predicted molar refractivity (Wildman–Crippen MR) is 64.3 cm³/mol. The van der Waals surface area contributed by atoms with Crippen LogP contribution < -0.4 is 5.32 Å². The van der Waals surface area contributed by atoms with Crippen LogP contribution in [-0.4, -0.2) is 41.5 Å². The number of nitrogens with one attached hydrogen (secondary N) is 1. The van der Waals surface area contributed by atoms with Gasteiger partial charge in [0.25, 0.3) is 0 Å². The standard InChI is InChI=1S/C12H19NO5/c1-4-5-17-11(16)13-8-6-9(10(14)15)18-12(2,3)7-8/h4,8-9H,1,5-7H2,2-3H3,(H,13,16)(H,14,15)/t8-,9+/m1/s1. The lowest BCUT2D eigenvalue weighted by atomic mass is 9.91. The average Bonchev–Trinajstić information content (AvgIpc) is 2.24. The number of hydrogen-bond donors (Lipinski definition) is 2. The lowest BCUT2D eigenvalue weighted by Gasteiger charge is -2.38. The molecule has 1 aliphatic heterocycles. The topological polar surface area (TPSA) is 84.9 Å². The Labute approximate surface area is 106 Å². The van der Waals surface area contributed by atoms with Crippen LogP contribution in [0.1, 0.15) is 26.7 Å². The Morgan fingerprint density at radius 1 is 1.61 bits per heavy atom. The summed E-state index contributed by atoms with van der Waals surface area (Å²) in [5.41, 5.74) is -0.586. The number of carbonyl (C=O) groups is 2. The molecule has 0 aliphatic carbocycles. The largest absolute Gasteiger partial charge is 0.479 e. The van der Waals surface area contributed by atoms with E-state index >= 15 is 0 Å². The average molecular weight is 257 g/mol. The van der Waals surface area contributed by atoms with Gasteiger partial charge in [0.1, 0.15) is 6.61 Å². The first-order valence-corrected chi connectivity index (χ1v) is 5.79. The number of amides is 1. The smallest absolute Gasteiger partial charge is 0.407 e. The van der Waals surface area contributed by atoms with E-state index in [9.17, 15) is 9.59 Å². The lowest BCUT2D eigenvalue weighted by Crippen LogP contribution is -2.51. The van der Waals surface area contributed by atoms with Crippen molar-refractivity contribution in [1.82, 2.24) is 5.32 Å². The first-order valence-electron chi connectivity index (χ1n) is 5.79. The van der Waals surface area contributed by atoms with E-state index in [0.717, 1.165) is 0 Å². The molecule has 1 amide bonds. The van der Waals surface area contributed by atoms with Gasteiger partial charge >= 0.3 is 12.1 Å². The number of carboxylic acid groups (broad SMARTS) is 1. The summed E-state index contributed by atoms with van der Waals surface area (Å²) in [6.45, 7) is 7.16. The maximum atomic E-state index is 11.4. The van der Waals surface area contributed by atoms with E-state index < -0.39 is 23.8 Å². The molecule has 0 radical (unpaired) electrons. The number of hydrogen-bond acceptors (Lipinski definition) is 4. The minimum atomic E-state index is -1.02. The quantitative estimate of drug-likeness (QED) is 0.742. The molecule has 0 aromatic heterocycles. The van der Waals surface area contributed by atoms with Gasteiger partial charge in [-0.25, -0.2) is 9.59 Å². The third kappa shape index (κ3) is 4.37. The maximum absolute atomic E-state index is 11.4. The Balaban J connectivity index is 2.56. The second kappa shape index (κ2) is 5.86. The molecule has 2 atom stereocenters. The fourth-order valence-corrected chi connectivity index (χ4v) is 2.02. The summed E-state index contributed by atoms with van der Waals surface area (Å²) in [6.07, 6.45) is 0.773. The number of alkyl carbamates (subject to hydrolysis) is 1. The van der Waals surface area contributed by atoms with E-state index in [4.69, 9.17) is 14.6 Å². The minimum Gasteiger partial charge on any atom is -0.479 e. The molecule has 0 unspecified atom stereocenters. The van der Waals surface area contributed by atoms with E-state index in [-0.39, 0.29) is 19.1 Å². The zero-order chi connectivity index (χ0) is 13.8. The van der Waals surface area contributed by atoms with Crippen LogP contribution in [-0.2, 0) is 14.3 Å². The molecule has 1 heterocycles. The molecule has 18 heavy (non-hydrogen) atoms. The summed E-state index contributed by atoms with van der Waals surface area (Å²) in [5.74, 6) is -1.02. The summed E-state index contributed by atoms with van der Waals surface area (Å²) in [7, 11) is 0. The van der Waals surface area contributed by atoms with Crippen molar-refractivity contribution < 1.29 is 24.2 Å². The Kier molecular flexibility index (Phi) is 4.72. The van der Waals surface area contributed by atoms with E-state index in [0.29, 0.717) is 6.42 Å². The second-order valence-corrected chi connectivity index (χ2v) is 4.87. The lowest BCUT2D eigenvalue weighted by molar-refractivity contribution is -0.172. The highest BCUT2D eigenvalue weighted by Crippen LogP contribution is 2.28. The second-order valence-electron chi connectivity index (χ2n) is 4.87. The Bertz CT molecular complexity index is 339. The van der Waals surface area contributed by atoms with Gasteiger partial charge < -0.3 is 19.9 Å². The van der Waals surface area contributed by atoms with Crippen LogP contribution in [0.4, 0.5) is 4.79 Å². The highest BCUT2D eigenvalue weighted by molar-refractivity contribution is 5.73. The van der Waals surface area contributed by atoms with Crippen molar-refractivity contribution in [2.75, 3.05) is 6.61 Å². The highest BCUT2D eigenvalue weighted by atomic mass is 16.5. The SMILES string of the molecule is C=CCOC(=O)N[C@@H]1C[C@@H](C(=O)O)OC(C)(C)C1. The van der Waals surface area contributed by atoms with Crippen LogP contribution in [0.3, 0.4) is 0 Å². The predicted octanol–water partition coefficient (Wildman–Crippen LogP) is 1.31. The molecule has 0 spiro atoms. The Morgan fingerprint density at radius 2 is 2.28 bits per heavy atom. The molecular weight excluding hydrogens is 238 g/mol. The summed E-state index contributed by atoms with van der Waals surface area (Å²) in [6, 6.07) is -0.271. The van der Waals surface area contributed by atoms with Gasteiger partial charge in [-0.2, -0.15) is 0 Å². The third-order valence-corrected chi connectivity index (χ3v) is 2.63. The van der Waals surface area contributed by atoms with Gasteiger partial charge in [0.2, 0.25) is 0 Å². The van der Waals surface area contributed by atoms with Crippen LogP contribution in [0.25, 0.3) is 0 Å². The Morgan fingerprint density at radius 3 is 2.83 bits per heavy atom. The minimum absolute atomic E-state index is 0.126. The summed E-state index contributed by atoms with van der Waals surface area (Å²) >= 11 is 0. The summed E-state index contributed by atoms with van der Waals surface area (Å²) in [4.78, 5) is 22.4. The number of aliphatic carboxylic acids is 1. The monoisotopic (exact) mass is 257 g/mol. The van der Waals surface area contributed by atoms with Crippen LogP contribution in [0, 0.1) is 0 Å².